The maximum Gasteiger partial charge on any atom is 0.0625 e. The Morgan fingerprint density at radius 2 is 2.00 bits per heavy atom. The third-order valence-corrected chi connectivity index (χ3v) is 4.25. The monoisotopic (exact) mass is 308 g/mol. The van der Waals surface area contributed by atoms with Gasteiger partial charge in [0.25, 0.3) is 0 Å². The summed E-state index contributed by atoms with van der Waals surface area (Å²) in [6, 6.07) is 7.99. The standard InChI is InChI=1S/C16H18Cl2N2/c1-10-7-11(2)16(20-9-10)14(19-3)8-12-5-4-6-13(17)15(12)18/h4-7,9,14,19H,8H2,1-3H3. The van der Waals surface area contributed by atoms with Crippen LogP contribution in [0.2, 0.25) is 10.0 Å². The van der Waals surface area contributed by atoms with Gasteiger partial charge in [-0.1, -0.05) is 41.4 Å². The predicted octanol–water partition coefficient (Wildman–Crippen LogP) is 4.51. The van der Waals surface area contributed by atoms with Crippen LogP contribution in [-0.2, 0) is 6.42 Å². The fourth-order valence-corrected chi connectivity index (χ4v) is 2.75. The predicted molar refractivity (Wildman–Crippen MR) is 85.7 cm³/mol. The van der Waals surface area contributed by atoms with E-state index in [2.05, 4.69) is 23.3 Å². The number of aromatic nitrogens is 1. The van der Waals surface area contributed by atoms with Crippen molar-refractivity contribution in [1.29, 1.82) is 0 Å². The van der Waals surface area contributed by atoms with Crippen molar-refractivity contribution < 1.29 is 0 Å². The highest BCUT2D eigenvalue weighted by molar-refractivity contribution is 6.42. The molecule has 0 radical (unpaired) electrons. The molecular formula is C16H18Cl2N2. The average Bonchev–Trinajstić information content (AvgIpc) is 2.41. The molecule has 106 valence electrons. The lowest BCUT2D eigenvalue weighted by molar-refractivity contribution is 0.572. The van der Waals surface area contributed by atoms with Crippen LogP contribution in [0.5, 0.6) is 0 Å². The minimum atomic E-state index is 0.117. The summed E-state index contributed by atoms with van der Waals surface area (Å²) in [5, 5.41) is 4.52. The minimum Gasteiger partial charge on any atom is -0.311 e. The summed E-state index contributed by atoms with van der Waals surface area (Å²) in [4.78, 5) is 4.56. The zero-order valence-corrected chi connectivity index (χ0v) is 13.4. The molecule has 1 unspecified atom stereocenters. The van der Waals surface area contributed by atoms with Crippen molar-refractivity contribution in [2.24, 2.45) is 0 Å². The van der Waals surface area contributed by atoms with Crippen LogP contribution in [0.25, 0.3) is 0 Å². The van der Waals surface area contributed by atoms with Gasteiger partial charge in [0.2, 0.25) is 0 Å². The van der Waals surface area contributed by atoms with Gasteiger partial charge in [-0.2, -0.15) is 0 Å². The first-order chi connectivity index (χ1) is 9.52. The second-order valence-electron chi connectivity index (χ2n) is 4.97. The fourth-order valence-electron chi connectivity index (χ4n) is 2.35. The van der Waals surface area contributed by atoms with Gasteiger partial charge in [0.15, 0.2) is 0 Å². The van der Waals surface area contributed by atoms with Gasteiger partial charge in [-0.3, -0.25) is 4.98 Å². The Kier molecular flexibility index (Phi) is 5.03. The van der Waals surface area contributed by atoms with Crippen molar-refractivity contribution in [3.8, 4) is 0 Å². The van der Waals surface area contributed by atoms with Gasteiger partial charge in [0.05, 0.1) is 21.8 Å². The van der Waals surface area contributed by atoms with Crippen LogP contribution in [0.15, 0.2) is 30.5 Å². The Bertz CT molecular complexity index is 611. The summed E-state index contributed by atoms with van der Waals surface area (Å²) in [5.41, 5.74) is 4.43. The molecule has 20 heavy (non-hydrogen) atoms. The first-order valence-electron chi connectivity index (χ1n) is 6.56. The molecular weight excluding hydrogens is 291 g/mol. The maximum absolute atomic E-state index is 6.27. The van der Waals surface area contributed by atoms with Crippen molar-refractivity contribution in [2.75, 3.05) is 7.05 Å². The molecule has 0 amide bonds. The summed E-state index contributed by atoms with van der Waals surface area (Å²) in [6.07, 6.45) is 2.65. The molecule has 0 fully saturated rings. The molecule has 1 aromatic carbocycles. The van der Waals surface area contributed by atoms with Crippen LogP contribution in [0, 0.1) is 13.8 Å². The van der Waals surface area contributed by atoms with Crippen LogP contribution in [0.3, 0.4) is 0 Å². The van der Waals surface area contributed by atoms with Crippen LogP contribution in [0.1, 0.15) is 28.4 Å². The van der Waals surface area contributed by atoms with Gasteiger partial charge in [-0.25, -0.2) is 0 Å². The summed E-state index contributed by atoms with van der Waals surface area (Å²) < 4.78 is 0. The van der Waals surface area contributed by atoms with Crippen molar-refractivity contribution in [3.63, 3.8) is 0 Å². The second kappa shape index (κ2) is 6.57. The molecule has 0 aliphatic rings. The van der Waals surface area contributed by atoms with Crippen molar-refractivity contribution >= 4 is 23.2 Å². The molecule has 4 heteroatoms. The number of nitrogens with one attached hydrogen (secondary N) is 1. The van der Waals surface area contributed by atoms with E-state index in [0.29, 0.717) is 10.0 Å². The molecule has 0 saturated carbocycles. The average molecular weight is 309 g/mol. The van der Waals surface area contributed by atoms with E-state index in [0.717, 1.165) is 17.7 Å². The zero-order chi connectivity index (χ0) is 14.7. The number of aryl methyl sites for hydroxylation is 2. The number of hydrogen-bond donors (Lipinski definition) is 1. The van der Waals surface area contributed by atoms with E-state index in [-0.39, 0.29) is 6.04 Å². The molecule has 1 aromatic heterocycles. The number of benzene rings is 1. The van der Waals surface area contributed by atoms with Gasteiger partial charge in [0, 0.05) is 6.20 Å². The molecule has 2 aromatic rings. The van der Waals surface area contributed by atoms with E-state index in [1.165, 1.54) is 11.1 Å². The van der Waals surface area contributed by atoms with E-state index in [4.69, 9.17) is 23.2 Å². The molecule has 2 rings (SSSR count). The van der Waals surface area contributed by atoms with E-state index < -0.39 is 0 Å². The second-order valence-corrected chi connectivity index (χ2v) is 5.76. The third kappa shape index (κ3) is 3.32. The number of nitrogens with zero attached hydrogens (tertiary/aromatic N) is 1. The Labute approximate surface area is 130 Å². The number of rotatable bonds is 4. The van der Waals surface area contributed by atoms with Gasteiger partial charge in [-0.05, 0) is 50.1 Å². The van der Waals surface area contributed by atoms with Crippen molar-refractivity contribution in [1.82, 2.24) is 10.3 Å². The Hall–Kier alpha value is -1.09. The quantitative estimate of drug-likeness (QED) is 0.899. The van der Waals surface area contributed by atoms with Crippen LogP contribution < -0.4 is 5.32 Å². The topological polar surface area (TPSA) is 24.9 Å². The SMILES string of the molecule is CNC(Cc1cccc(Cl)c1Cl)c1ncc(C)cc1C. The first kappa shape index (κ1) is 15.3. The molecule has 1 N–H and O–H groups in total. The van der Waals surface area contributed by atoms with E-state index in [1.807, 2.05) is 32.3 Å². The number of halogens is 2. The lowest BCUT2D eigenvalue weighted by Crippen LogP contribution is -2.21. The lowest BCUT2D eigenvalue weighted by atomic mass is 9.99. The van der Waals surface area contributed by atoms with Crippen LogP contribution in [-0.4, -0.2) is 12.0 Å². The number of pyridine rings is 1. The Balaban J connectivity index is 2.31. The fraction of sp³-hybridized carbons (Fsp3) is 0.312. The Morgan fingerprint density at radius 1 is 1.25 bits per heavy atom. The van der Waals surface area contributed by atoms with Gasteiger partial charge in [0.1, 0.15) is 0 Å². The normalized spacial score (nSPS) is 12.4. The number of hydrogen-bond acceptors (Lipinski definition) is 2. The Morgan fingerprint density at radius 3 is 2.65 bits per heavy atom. The smallest absolute Gasteiger partial charge is 0.0625 e. The molecule has 0 aliphatic heterocycles. The van der Waals surface area contributed by atoms with Gasteiger partial charge < -0.3 is 5.32 Å². The summed E-state index contributed by atoms with van der Waals surface area (Å²) in [6.45, 7) is 4.13. The molecule has 0 spiro atoms. The molecule has 1 atom stereocenters. The molecule has 1 heterocycles. The van der Waals surface area contributed by atoms with E-state index >= 15 is 0 Å². The van der Waals surface area contributed by atoms with E-state index in [1.54, 1.807) is 6.07 Å². The van der Waals surface area contributed by atoms with Crippen molar-refractivity contribution in [2.45, 2.75) is 26.3 Å². The van der Waals surface area contributed by atoms with Crippen molar-refractivity contribution in [3.05, 3.63) is 62.9 Å². The maximum atomic E-state index is 6.27. The summed E-state index contributed by atoms with van der Waals surface area (Å²) in [7, 11) is 1.93. The highest BCUT2D eigenvalue weighted by Crippen LogP contribution is 2.29. The highest BCUT2D eigenvalue weighted by Gasteiger charge is 2.16. The molecule has 0 bridgehead atoms. The summed E-state index contributed by atoms with van der Waals surface area (Å²) in [5.74, 6) is 0. The molecule has 2 nitrogen and oxygen atoms in total. The van der Waals surface area contributed by atoms with Gasteiger partial charge in [-0.15, -0.1) is 0 Å². The van der Waals surface area contributed by atoms with Crippen LogP contribution in [0.4, 0.5) is 0 Å². The first-order valence-corrected chi connectivity index (χ1v) is 7.31. The minimum absolute atomic E-state index is 0.117. The molecule has 0 aliphatic carbocycles. The number of likely N-dealkylation sites (N-methyl/N-ethyl adjacent to an activating group) is 1. The van der Waals surface area contributed by atoms with E-state index in [9.17, 15) is 0 Å². The lowest BCUT2D eigenvalue weighted by Gasteiger charge is -2.19. The third-order valence-electron chi connectivity index (χ3n) is 3.39. The molecule has 0 saturated heterocycles. The highest BCUT2D eigenvalue weighted by atomic mass is 35.5. The summed E-state index contributed by atoms with van der Waals surface area (Å²) >= 11 is 12.3. The van der Waals surface area contributed by atoms with Gasteiger partial charge >= 0.3 is 0 Å². The largest absolute Gasteiger partial charge is 0.311 e. The zero-order valence-electron chi connectivity index (χ0n) is 11.9. The van der Waals surface area contributed by atoms with Crippen LogP contribution >= 0.6 is 23.2 Å².